The Morgan fingerprint density at radius 3 is 1.86 bits per heavy atom. The van der Waals surface area contributed by atoms with Crippen molar-refractivity contribution >= 4 is 11.0 Å². The molecule has 332 valence electrons. The number of nitrogens with zero attached hydrogens (tertiary/aromatic N) is 3. The first-order valence-corrected chi connectivity index (χ1v) is 22.8. The van der Waals surface area contributed by atoms with Crippen molar-refractivity contribution in [1.82, 2.24) is 14.5 Å². The summed E-state index contributed by atoms with van der Waals surface area (Å²) >= 11 is 0. The molecule has 2 aromatic heterocycles. The number of para-hydroxylation sites is 1. The Labute approximate surface area is 398 Å². The molecule has 0 atom stereocenters. The number of aromatic nitrogens is 3. The molecule has 0 unspecified atom stereocenters. The average Bonchev–Trinajstić information content (AvgIpc) is 3.69. The third kappa shape index (κ3) is 9.06. The van der Waals surface area contributed by atoms with Gasteiger partial charge < -0.3 is 5.11 Å². The van der Waals surface area contributed by atoms with Gasteiger partial charge in [-0.3, -0.25) is 9.55 Å². The summed E-state index contributed by atoms with van der Waals surface area (Å²) in [5.74, 6) is 1.04. The molecule has 8 aromatic rings. The fourth-order valence-corrected chi connectivity index (χ4v) is 8.52. The van der Waals surface area contributed by atoms with Gasteiger partial charge in [0.1, 0.15) is 11.6 Å². The van der Waals surface area contributed by atoms with E-state index in [1.807, 2.05) is 0 Å². The van der Waals surface area contributed by atoms with Crippen LogP contribution in [-0.2, 0) is 16.2 Å². The van der Waals surface area contributed by atoms with E-state index in [-0.39, 0.29) is 39.4 Å². The quantitative estimate of drug-likeness (QED) is 0.166. The Kier molecular flexibility index (Phi) is 9.65. The monoisotopic (exact) mass is 865 g/mol. The van der Waals surface area contributed by atoms with E-state index in [1.165, 1.54) is 5.56 Å². The zero-order valence-electron chi connectivity index (χ0n) is 47.3. The maximum atomic E-state index is 12.5. The molecule has 8 rings (SSSR count). The Morgan fingerprint density at radius 2 is 1.23 bits per heavy atom. The van der Waals surface area contributed by atoms with Crippen LogP contribution in [0.25, 0.3) is 72.7 Å². The lowest BCUT2D eigenvalue weighted by molar-refractivity contribution is 0.466. The number of imidazole rings is 1. The third-order valence-corrected chi connectivity index (χ3v) is 12.6. The maximum absolute atomic E-state index is 12.5. The normalized spacial score (nSPS) is 14.2. The Bertz CT molecular complexity index is 3370. The van der Waals surface area contributed by atoms with Crippen molar-refractivity contribution in [3.63, 3.8) is 0 Å². The fourth-order valence-electron chi connectivity index (χ4n) is 8.52. The second-order valence-corrected chi connectivity index (χ2v) is 21.3. The molecule has 0 aliphatic rings. The smallest absolute Gasteiger partial charge is 0.149 e. The molecule has 0 saturated carbocycles. The summed E-state index contributed by atoms with van der Waals surface area (Å²) < 4.78 is 61.0. The van der Waals surface area contributed by atoms with Gasteiger partial charge in [-0.15, -0.1) is 0 Å². The predicted molar refractivity (Wildman–Crippen MR) is 277 cm³/mol. The first-order chi connectivity index (χ1) is 33.5. The first-order valence-electron chi connectivity index (χ1n) is 26.3. The Hall–Kier alpha value is -6.26. The van der Waals surface area contributed by atoms with Crippen LogP contribution in [0.4, 0.5) is 0 Å². The largest absolute Gasteiger partial charge is 0.507 e. The van der Waals surface area contributed by atoms with E-state index >= 15 is 0 Å². The van der Waals surface area contributed by atoms with Crippen molar-refractivity contribution in [3.05, 3.63) is 167 Å². The van der Waals surface area contributed by atoms with E-state index in [0.717, 1.165) is 66.8 Å². The van der Waals surface area contributed by atoms with Crippen LogP contribution in [0, 0.1) is 6.85 Å². The Balaban J connectivity index is 1.44. The number of hydrogen-bond acceptors (Lipinski definition) is 3. The van der Waals surface area contributed by atoms with Gasteiger partial charge >= 0.3 is 0 Å². The van der Waals surface area contributed by atoms with Crippen LogP contribution in [0.5, 0.6) is 5.75 Å². The topological polar surface area (TPSA) is 50.9 Å². The van der Waals surface area contributed by atoms with E-state index in [4.69, 9.17) is 19.6 Å². The minimum absolute atomic E-state index is 0.00199. The summed E-state index contributed by atoms with van der Waals surface area (Å²) in [7, 11) is 0. The molecule has 0 fully saturated rings. The molecule has 2 heterocycles. The molecule has 4 nitrogen and oxygen atoms in total. The van der Waals surface area contributed by atoms with E-state index in [2.05, 4.69) is 186 Å². The zero-order chi connectivity index (χ0) is 52.7. The molecular weight excluding hydrogens is 791 g/mol. The van der Waals surface area contributed by atoms with Gasteiger partial charge in [-0.25, -0.2) is 4.98 Å². The van der Waals surface area contributed by atoms with Crippen LogP contribution >= 0.6 is 0 Å². The highest BCUT2D eigenvalue weighted by Gasteiger charge is 2.27. The van der Waals surface area contributed by atoms with Crippen molar-refractivity contribution in [1.29, 1.82) is 0 Å². The molecule has 1 N–H and O–H groups in total. The SMILES string of the molecule is [2H]c1c([2H])c(C([2H])([2H])[2H])c([2H])c([2H])c1-c1ccnc(-c2cc(-c3cccc4c3nc(-c3cc(C(C)C)cc(C(C)C)c3O)n4-c3cc(C(C)(C)C)ccc3-c3ccc(C(C)(C)C)cc3)cc(C(C)(C)C)c2)c1. The van der Waals surface area contributed by atoms with Crippen LogP contribution in [0.2, 0.25) is 0 Å². The van der Waals surface area contributed by atoms with Crippen molar-refractivity contribution in [2.24, 2.45) is 0 Å². The van der Waals surface area contributed by atoms with Gasteiger partial charge in [-0.05, 0) is 127 Å². The maximum Gasteiger partial charge on any atom is 0.149 e. The number of benzene rings is 6. The second-order valence-electron chi connectivity index (χ2n) is 21.3. The highest BCUT2D eigenvalue weighted by atomic mass is 16.3. The number of pyridine rings is 1. The number of phenolic OH excluding ortho intramolecular Hbond substituents is 1. The molecule has 0 amide bonds. The van der Waals surface area contributed by atoms with Gasteiger partial charge in [-0.1, -0.05) is 180 Å². The zero-order valence-corrected chi connectivity index (χ0v) is 40.3. The van der Waals surface area contributed by atoms with Crippen molar-refractivity contribution in [2.45, 2.75) is 125 Å². The van der Waals surface area contributed by atoms with Gasteiger partial charge in [0, 0.05) is 27.0 Å². The van der Waals surface area contributed by atoms with Crippen LogP contribution in [0.15, 0.2) is 133 Å². The number of hydrogen-bond donors (Lipinski definition) is 1. The minimum Gasteiger partial charge on any atom is -0.507 e. The lowest BCUT2D eigenvalue weighted by Crippen LogP contribution is -2.13. The molecule has 0 aliphatic heterocycles. The van der Waals surface area contributed by atoms with E-state index < -0.39 is 36.6 Å². The molecule has 6 aromatic carbocycles. The standard InChI is InChI=1S/C61H67N3O/c1-37(2)43-33-51(38(3)4)57(65)52(34-43)58-63-56-50(44-30-45(32-48(31-44)61(12,13)14)53-35-42(28-29-62-53)40-20-18-39(5)19-21-40)16-15-17-54(56)64(58)55-36-47(60(9,10)11)26-27-49(55)41-22-24-46(25-23-41)59(6,7)8/h15-38,65H,1-14H3/i5D3,18D,19D,20D,21D. The summed E-state index contributed by atoms with van der Waals surface area (Å²) in [5, 5.41) is 12.5. The average molecular weight is 865 g/mol. The van der Waals surface area contributed by atoms with Crippen molar-refractivity contribution in [2.75, 3.05) is 0 Å². The number of rotatable bonds is 8. The van der Waals surface area contributed by atoms with Crippen LogP contribution in [0.3, 0.4) is 0 Å². The van der Waals surface area contributed by atoms with Gasteiger partial charge in [0.2, 0.25) is 0 Å². The number of fused-ring (bicyclic) bond motifs is 1. The van der Waals surface area contributed by atoms with Crippen molar-refractivity contribution in [3.8, 4) is 67.5 Å². The van der Waals surface area contributed by atoms with Crippen LogP contribution in [-0.4, -0.2) is 19.6 Å². The van der Waals surface area contributed by atoms with Crippen LogP contribution in [0.1, 0.15) is 145 Å². The van der Waals surface area contributed by atoms with E-state index in [0.29, 0.717) is 22.6 Å². The molecule has 65 heavy (non-hydrogen) atoms. The molecule has 0 spiro atoms. The van der Waals surface area contributed by atoms with E-state index in [9.17, 15) is 5.11 Å². The molecule has 4 heteroatoms. The summed E-state index contributed by atoms with van der Waals surface area (Å²) in [6.07, 6.45) is 1.58. The lowest BCUT2D eigenvalue weighted by atomic mass is 9.83. The van der Waals surface area contributed by atoms with Gasteiger partial charge in [0.15, 0.2) is 0 Å². The Morgan fingerprint density at radius 1 is 0.569 bits per heavy atom. The van der Waals surface area contributed by atoms with Gasteiger partial charge in [0.05, 0.1) is 33.5 Å². The predicted octanol–water partition coefficient (Wildman–Crippen LogP) is 16.9. The molecule has 0 bridgehead atoms. The molecule has 0 aliphatic carbocycles. The lowest BCUT2D eigenvalue weighted by Gasteiger charge is -2.24. The summed E-state index contributed by atoms with van der Waals surface area (Å²) in [5.41, 5.74) is 12.9. The minimum atomic E-state index is -2.82. The first kappa shape index (κ1) is 37.0. The molecule has 0 radical (unpaired) electrons. The second kappa shape index (κ2) is 16.9. The highest BCUT2D eigenvalue weighted by molar-refractivity contribution is 5.98. The fraction of sp³-hybridized carbons (Fsp3) is 0.311. The summed E-state index contributed by atoms with van der Waals surface area (Å²) in [6.45, 7) is 25.5. The van der Waals surface area contributed by atoms with Crippen LogP contribution < -0.4 is 0 Å². The van der Waals surface area contributed by atoms with Gasteiger partial charge in [0.25, 0.3) is 0 Å². The summed E-state index contributed by atoms with van der Waals surface area (Å²) in [6, 6.07) is 33.7. The highest BCUT2D eigenvalue weighted by Crippen LogP contribution is 2.45. The molecular formula is C61H67N3O. The van der Waals surface area contributed by atoms with Gasteiger partial charge in [-0.2, -0.15) is 0 Å². The molecule has 0 saturated heterocycles. The van der Waals surface area contributed by atoms with Crippen molar-refractivity contribution < 1.29 is 14.7 Å². The van der Waals surface area contributed by atoms with E-state index in [1.54, 1.807) is 18.3 Å². The summed E-state index contributed by atoms with van der Waals surface area (Å²) in [4.78, 5) is 10.4. The third-order valence-electron chi connectivity index (χ3n) is 12.6. The number of phenols is 1. The number of aromatic hydroxyl groups is 1.